The summed E-state index contributed by atoms with van der Waals surface area (Å²) in [6.45, 7) is 0.930. The summed E-state index contributed by atoms with van der Waals surface area (Å²) in [5.74, 6) is -1.52. The van der Waals surface area contributed by atoms with E-state index in [9.17, 15) is 14.0 Å². The van der Waals surface area contributed by atoms with Gasteiger partial charge in [0.1, 0.15) is 5.82 Å². The average Bonchev–Trinajstić information content (AvgIpc) is 3.07. The second kappa shape index (κ2) is 7.71. The van der Waals surface area contributed by atoms with Gasteiger partial charge in [0.25, 0.3) is 5.91 Å². The molecule has 148 valence electrons. The molecule has 2 aromatic rings. The van der Waals surface area contributed by atoms with Gasteiger partial charge in [-0.25, -0.2) is 9.07 Å². The summed E-state index contributed by atoms with van der Waals surface area (Å²) in [7, 11) is 0. The molecule has 1 aliphatic carbocycles. The molecule has 1 atom stereocenters. The molecular formula is C20H22FN3O4. The SMILES string of the molecule is O=C(O)CC1CN(C(=O)c2nn(-c3cccc(F)c3)c3c2CCCC3)CCO1. The van der Waals surface area contributed by atoms with Gasteiger partial charge in [-0.3, -0.25) is 9.59 Å². The molecule has 0 saturated carbocycles. The molecule has 8 heteroatoms. The number of carboxylic acids is 1. The molecule has 1 fully saturated rings. The number of fused-ring (bicyclic) bond motifs is 1. The van der Waals surface area contributed by atoms with E-state index in [1.165, 1.54) is 12.1 Å². The monoisotopic (exact) mass is 387 g/mol. The number of aromatic nitrogens is 2. The highest BCUT2D eigenvalue weighted by Gasteiger charge is 2.32. The summed E-state index contributed by atoms with van der Waals surface area (Å²) < 4.78 is 20.9. The summed E-state index contributed by atoms with van der Waals surface area (Å²) >= 11 is 0. The van der Waals surface area contributed by atoms with Crippen molar-refractivity contribution in [1.29, 1.82) is 0 Å². The quantitative estimate of drug-likeness (QED) is 0.870. The van der Waals surface area contributed by atoms with Gasteiger partial charge in [0.2, 0.25) is 0 Å². The van der Waals surface area contributed by atoms with Gasteiger partial charge < -0.3 is 14.7 Å². The highest BCUT2D eigenvalue weighted by atomic mass is 19.1. The van der Waals surface area contributed by atoms with Gasteiger partial charge in [-0.15, -0.1) is 0 Å². The lowest BCUT2D eigenvalue weighted by Gasteiger charge is -2.32. The molecule has 1 aliphatic heterocycles. The van der Waals surface area contributed by atoms with E-state index in [1.54, 1.807) is 21.7 Å². The fourth-order valence-corrected chi connectivity index (χ4v) is 3.96. The molecule has 2 aliphatic rings. The maximum Gasteiger partial charge on any atom is 0.306 e. The van der Waals surface area contributed by atoms with Crippen molar-refractivity contribution < 1.29 is 23.8 Å². The molecule has 1 saturated heterocycles. The van der Waals surface area contributed by atoms with Crippen LogP contribution in [0.25, 0.3) is 5.69 Å². The third-order valence-corrected chi connectivity index (χ3v) is 5.26. The van der Waals surface area contributed by atoms with E-state index in [1.807, 2.05) is 0 Å². The summed E-state index contributed by atoms with van der Waals surface area (Å²) in [6, 6.07) is 6.19. The van der Waals surface area contributed by atoms with Crippen LogP contribution >= 0.6 is 0 Å². The first-order chi connectivity index (χ1) is 13.5. The van der Waals surface area contributed by atoms with Crippen LogP contribution in [0.2, 0.25) is 0 Å². The maximum absolute atomic E-state index is 13.7. The van der Waals surface area contributed by atoms with Crippen LogP contribution in [0.5, 0.6) is 0 Å². The Morgan fingerprint density at radius 3 is 2.89 bits per heavy atom. The Kier molecular flexibility index (Phi) is 5.13. The number of halogens is 1. The Morgan fingerprint density at radius 1 is 1.29 bits per heavy atom. The zero-order valence-electron chi connectivity index (χ0n) is 15.4. The third-order valence-electron chi connectivity index (χ3n) is 5.26. The van der Waals surface area contributed by atoms with Gasteiger partial charge in [-0.05, 0) is 43.9 Å². The molecule has 2 heterocycles. The minimum atomic E-state index is -0.952. The second-order valence-electron chi connectivity index (χ2n) is 7.21. The van der Waals surface area contributed by atoms with Crippen LogP contribution in [0.15, 0.2) is 24.3 Å². The Hall–Kier alpha value is -2.74. The van der Waals surface area contributed by atoms with Gasteiger partial charge in [0, 0.05) is 24.3 Å². The van der Waals surface area contributed by atoms with Crippen molar-refractivity contribution in [2.24, 2.45) is 0 Å². The molecule has 7 nitrogen and oxygen atoms in total. The largest absolute Gasteiger partial charge is 0.481 e. The average molecular weight is 387 g/mol. The number of rotatable bonds is 4. The summed E-state index contributed by atoms with van der Waals surface area (Å²) in [6.07, 6.45) is 2.87. The molecule has 1 amide bonds. The number of carboxylic acid groups (broad SMARTS) is 1. The normalized spacial score (nSPS) is 19.3. The van der Waals surface area contributed by atoms with Gasteiger partial charge in [-0.2, -0.15) is 5.10 Å². The van der Waals surface area contributed by atoms with E-state index in [0.29, 0.717) is 24.5 Å². The van der Waals surface area contributed by atoms with E-state index in [4.69, 9.17) is 9.84 Å². The molecule has 4 rings (SSSR count). The predicted molar refractivity (Wildman–Crippen MR) is 98.1 cm³/mol. The van der Waals surface area contributed by atoms with E-state index >= 15 is 0 Å². The fourth-order valence-electron chi connectivity index (χ4n) is 3.96. The van der Waals surface area contributed by atoms with Crippen molar-refractivity contribution in [3.63, 3.8) is 0 Å². The minimum Gasteiger partial charge on any atom is -0.481 e. The zero-order chi connectivity index (χ0) is 19.7. The van der Waals surface area contributed by atoms with Crippen molar-refractivity contribution in [2.75, 3.05) is 19.7 Å². The Labute approximate surface area is 161 Å². The summed E-state index contributed by atoms with van der Waals surface area (Å²) in [4.78, 5) is 25.8. The molecule has 1 N–H and O–H groups in total. The summed E-state index contributed by atoms with van der Waals surface area (Å²) in [5, 5.41) is 13.6. The number of benzene rings is 1. The Balaban J connectivity index is 1.66. The van der Waals surface area contributed by atoms with E-state index in [2.05, 4.69) is 5.10 Å². The number of carbonyl (C=O) groups is 2. The lowest BCUT2D eigenvalue weighted by Crippen LogP contribution is -2.46. The number of carbonyl (C=O) groups excluding carboxylic acids is 1. The highest BCUT2D eigenvalue weighted by molar-refractivity contribution is 5.94. The topological polar surface area (TPSA) is 84.7 Å². The Bertz CT molecular complexity index is 911. The smallest absolute Gasteiger partial charge is 0.306 e. The zero-order valence-corrected chi connectivity index (χ0v) is 15.4. The fraction of sp³-hybridized carbons (Fsp3) is 0.450. The molecule has 0 spiro atoms. The first-order valence-electron chi connectivity index (χ1n) is 9.52. The first-order valence-corrected chi connectivity index (χ1v) is 9.52. The van der Waals surface area contributed by atoms with Crippen LogP contribution in [-0.4, -0.2) is 57.5 Å². The van der Waals surface area contributed by atoms with Gasteiger partial charge >= 0.3 is 5.97 Å². The van der Waals surface area contributed by atoms with E-state index < -0.39 is 12.1 Å². The molecule has 1 unspecified atom stereocenters. The number of nitrogens with zero attached hydrogens (tertiary/aromatic N) is 3. The number of morpholine rings is 1. The van der Waals surface area contributed by atoms with Crippen LogP contribution < -0.4 is 0 Å². The van der Waals surface area contributed by atoms with Gasteiger partial charge in [0.05, 0.1) is 24.8 Å². The maximum atomic E-state index is 13.7. The van der Waals surface area contributed by atoms with E-state index in [-0.39, 0.29) is 24.7 Å². The van der Waals surface area contributed by atoms with Gasteiger partial charge in [-0.1, -0.05) is 6.07 Å². The van der Waals surface area contributed by atoms with E-state index in [0.717, 1.165) is 36.9 Å². The third kappa shape index (κ3) is 3.64. The second-order valence-corrected chi connectivity index (χ2v) is 7.21. The van der Waals surface area contributed by atoms with Crippen molar-refractivity contribution in [3.05, 3.63) is 47.0 Å². The summed E-state index contributed by atoms with van der Waals surface area (Å²) in [5.41, 5.74) is 2.86. The number of amides is 1. The number of aliphatic carboxylic acids is 1. The minimum absolute atomic E-state index is 0.139. The molecule has 28 heavy (non-hydrogen) atoms. The highest BCUT2D eigenvalue weighted by Crippen LogP contribution is 2.28. The van der Waals surface area contributed by atoms with Crippen LogP contribution in [0, 0.1) is 5.82 Å². The lowest BCUT2D eigenvalue weighted by molar-refractivity contribution is -0.141. The number of ether oxygens (including phenoxy) is 1. The number of hydrogen-bond acceptors (Lipinski definition) is 4. The van der Waals surface area contributed by atoms with Crippen LogP contribution in [0.3, 0.4) is 0 Å². The molecule has 0 bridgehead atoms. The standard InChI is InChI=1S/C20H22FN3O4/c21-13-4-3-5-14(10-13)24-17-7-2-1-6-16(17)19(22-24)20(27)23-8-9-28-15(12-23)11-18(25)26/h3-5,10,15H,1-2,6-9,11-12H2,(H,25,26). The van der Waals surface area contributed by atoms with Crippen LogP contribution in [-0.2, 0) is 22.4 Å². The van der Waals surface area contributed by atoms with Crippen LogP contribution in [0.1, 0.15) is 41.0 Å². The van der Waals surface area contributed by atoms with Crippen molar-refractivity contribution in [2.45, 2.75) is 38.2 Å². The number of hydrogen-bond donors (Lipinski definition) is 1. The van der Waals surface area contributed by atoms with Crippen molar-refractivity contribution in [1.82, 2.24) is 14.7 Å². The molecule has 0 radical (unpaired) electrons. The molecular weight excluding hydrogens is 365 g/mol. The lowest BCUT2D eigenvalue weighted by atomic mass is 9.95. The molecule has 1 aromatic carbocycles. The first kappa shape index (κ1) is 18.6. The molecule has 1 aromatic heterocycles. The van der Waals surface area contributed by atoms with Crippen LogP contribution in [0.4, 0.5) is 4.39 Å². The Morgan fingerprint density at radius 2 is 2.11 bits per heavy atom. The predicted octanol–water partition coefficient (Wildman–Crippen LogP) is 2.21. The van der Waals surface area contributed by atoms with Gasteiger partial charge in [0.15, 0.2) is 5.69 Å². The van der Waals surface area contributed by atoms with Crippen molar-refractivity contribution >= 4 is 11.9 Å². The van der Waals surface area contributed by atoms with Crippen molar-refractivity contribution in [3.8, 4) is 5.69 Å².